The number of hydrogen-bond donors (Lipinski definition) is 2. The molecule has 0 amide bonds. The van der Waals surface area contributed by atoms with Crippen LogP contribution < -0.4 is 5.32 Å². The molecule has 2 aromatic rings. The van der Waals surface area contributed by atoms with Gasteiger partial charge in [0.25, 0.3) is 0 Å². The predicted octanol–water partition coefficient (Wildman–Crippen LogP) is 2.85. The average Bonchev–Trinajstić information content (AvgIpc) is 2.76. The molecule has 0 aliphatic rings. The van der Waals surface area contributed by atoms with Gasteiger partial charge in [-0.2, -0.15) is 0 Å². The molecular formula is C11H10BrN3O2S. The Morgan fingerprint density at radius 2 is 2.28 bits per heavy atom. The quantitative estimate of drug-likeness (QED) is 0.883. The van der Waals surface area contributed by atoms with E-state index in [1.807, 2.05) is 17.5 Å². The fraction of sp³-hybridized carbons (Fsp3) is 0.182. The van der Waals surface area contributed by atoms with Crippen molar-refractivity contribution < 1.29 is 9.90 Å². The molecule has 0 aromatic carbocycles. The molecule has 0 saturated carbocycles. The van der Waals surface area contributed by atoms with Gasteiger partial charge < -0.3 is 10.4 Å². The third-order valence-corrected chi connectivity index (χ3v) is 3.84. The highest BCUT2D eigenvalue weighted by atomic mass is 79.9. The summed E-state index contributed by atoms with van der Waals surface area (Å²) in [5.74, 6) is -0.258. The van der Waals surface area contributed by atoms with Crippen LogP contribution in [0.5, 0.6) is 0 Å². The summed E-state index contributed by atoms with van der Waals surface area (Å²) >= 11 is 4.97. The molecule has 0 aliphatic heterocycles. The van der Waals surface area contributed by atoms with Gasteiger partial charge >= 0.3 is 5.97 Å². The lowest BCUT2D eigenvalue weighted by molar-refractivity contribution is -0.136. The number of carboxylic acids is 1. The van der Waals surface area contributed by atoms with Crippen LogP contribution in [0.4, 0.5) is 5.82 Å². The molecule has 2 N–H and O–H groups in total. The number of aliphatic carboxylic acids is 1. The molecule has 0 radical (unpaired) electrons. The monoisotopic (exact) mass is 327 g/mol. The highest BCUT2D eigenvalue weighted by molar-refractivity contribution is 9.10. The molecule has 0 bridgehead atoms. The Hall–Kier alpha value is -1.47. The van der Waals surface area contributed by atoms with Crippen LogP contribution in [0.3, 0.4) is 0 Å². The van der Waals surface area contributed by atoms with Crippen LogP contribution in [0.2, 0.25) is 0 Å². The van der Waals surface area contributed by atoms with Crippen LogP contribution in [0.25, 0.3) is 10.6 Å². The van der Waals surface area contributed by atoms with Crippen LogP contribution in [0.1, 0.15) is 6.42 Å². The van der Waals surface area contributed by atoms with Gasteiger partial charge in [0.1, 0.15) is 11.5 Å². The minimum atomic E-state index is -0.837. The summed E-state index contributed by atoms with van der Waals surface area (Å²) in [5, 5.41) is 21.5. The standard InChI is InChI=1S/C11H10BrN3O2S/c12-7-5-9(18-6-7)8-1-2-10(15-14-8)13-4-3-11(16)17/h1-2,5-6H,3-4H2,(H,13,15)(H,16,17). The summed E-state index contributed by atoms with van der Waals surface area (Å²) in [4.78, 5) is 11.4. The van der Waals surface area contributed by atoms with Crippen molar-refractivity contribution in [3.63, 3.8) is 0 Å². The topological polar surface area (TPSA) is 75.1 Å². The Balaban J connectivity index is 1.99. The summed E-state index contributed by atoms with van der Waals surface area (Å²) in [7, 11) is 0. The third kappa shape index (κ3) is 3.51. The van der Waals surface area contributed by atoms with E-state index in [9.17, 15) is 4.79 Å². The highest BCUT2D eigenvalue weighted by Gasteiger charge is 2.04. The summed E-state index contributed by atoms with van der Waals surface area (Å²) in [6, 6.07) is 5.62. The maximum absolute atomic E-state index is 10.4. The van der Waals surface area contributed by atoms with Crippen molar-refractivity contribution in [3.8, 4) is 10.6 Å². The zero-order valence-electron chi connectivity index (χ0n) is 9.26. The van der Waals surface area contributed by atoms with Crippen LogP contribution >= 0.6 is 27.3 Å². The Morgan fingerprint density at radius 1 is 1.44 bits per heavy atom. The maximum atomic E-state index is 10.4. The number of rotatable bonds is 5. The molecule has 2 aromatic heterocycles. The van der Waals surface area contributed by atoms with Crippen molar-refractivity contribution in [2.45, 2.75) is 6.42 Å². The molecule has 94 valence electrons. The lowest BCUT2D eigenvalue weighted by atomic mass is 10.3. The first kappa shape index (κ1) is 13.0. The molecule has 5 nitrogen and oxygen atoms in total. The third-order valence-electron chi connectivity index (χ3n) is 2.13. The molecule has 0 atom stereocenters. The molecule has 0 unspecified atom stereocenters. The van der Waals surface area contributed by atoms with E-state index in [1.165, 1.54) is 0 Å². The first-order chi connectivity index (χ1) is 8.65. The van der Waals surface area contributed by atoms with Gasteiger partial charge in [-0.1, -0.05) is 0 Å². The van der Waals surface area contributed by atoms with Crippen molar-refractivity contribution >= 4 is 39.1 Å². The second-order valence-electron chi connectivity index (χ2n) is 3.50. The van der Waals surface area contributed by atoms with E-state index < -0.39 is 5.97 Å². The van der Waals surface area contributed by atoms with Gasteiger partial charge in [-0.3, -0.25) is 4.79 Å². The van der Waals surface area contributed by atoms with E-state index in [0.717, 1.165) is 15.0 Å². The molecule has 0 spiro atoms. The lowest BCUT2D eigenvalue weighted by Crippen LogP contribution is -2.08. The van der Waals surface area contributed by atoms with Gasteiger partial charge in [-0.05, 0) is 34.1 Å². The fourth-order valence-electron chi connectivity index (χ4n) is 1.30. The number of nitrogens with zero attached hydrogens (tertiary/aromatic N) is 2. The first-order valence-corrected chi connectivity index (χ1v) is 6.86. The summed E-state index contributed by atoms with van der Waals surface area (Å²) in [6.07, 6.45) is 0.0568. The van der Waals surface area contributed by atoms with Gasteiger partial charge in [0.05, 0.1) is 11.3 Å². The van der Waals surface area contributed by atoms with Crippen molar-refractivity contribution in [1.82, 2.24) is 10.2 Å². The van der Waals surface area contributed by atoms with Crippen molar-refractivity contribution in [2.75, 3.05) is 11.9 Å². The molecule has 7 heteroatoms. The minimum Gasteiger partial charge on any atom is -0.481 e. The number of nitrogens with one attached hydrogen (secondary N) is 1. The largest absolute Gasteiger partial charge is 0.481 e. The van der Waals surface area contributed by atoms with Gasteiger partial charge in [0, 0.05) is 16.4 Å². The summed E-state index contributed by atoms with van der Waals surface area (Å²) in [5.41, 5.74) is 0.800. The van der Waals surface area contributed by atoms with Gasteiger partial charge in [-0.25, -0.2) is 0 Å². The van der Waals surface area contributed by atoms with E-state index >= 15 is 0 Å². The Kier molecular flexibility index (Phi) is 4.27. The number of carboxylic acid groups (broad SMARTS) is 1. The maximum Gasteiger partial charge on any atom is 0.305 e. The average molecular weight is 328 g/mol. The van der Waals surface area contributed by atoms with Crippen LogP contribution in [0.15, 0.2) is 28.1 Å². The molecule has 0 aliphatic carbocycles. The van der Waals surface area contributed by atoms with Crippen LogP contribution in [-0.4, -0.2) is 27.8 Å². The summed E-state index contributed by atoms with van der Waals surface area (Å²) < 4.78 is 1.02. The number of aromatic nitrogens is 2. The van der Waals surface area contributed by atoms with Gasteiger partial charge in [0.15, 0.2) is 0 Å². The molecule has 0 fully saturated rings. The van der Waals surface area contributed by atoms with Gasteiger partial charge in [0.2, 0.25) is 0 Å². The number of thiophene rings is 1. The number of hydrogen-bond acceptors (Lipinski definition) is 5. The molecule has 2 rings (SSSR count). The Morgan fingerprint density at radius 3 is 2.83 bits per heavy atom. The SMILES string of the molecule is O=C(O)CCNc1ccc(-c2cc(Br)cs2)nn1. The molecule has 0 saturated heterocycles. The number of halogens is 1. The van der Waals surface area contributed by atoms with Crippen molar-refractivity contribution in [2.24, 2.45) is 0 Å². The minimum absolute atomic E-state index is 0.0568. The first-order valence-electron chi connectivity index (χ1n) is 5.19. The predicted molar refractivity (Wildman–Crippen MR) is 73.8 cm³/mol. The van der Waals surface area contributed by atoms with E-state index in [0.29, 0.717) is 12.4 Å². The number of anilines is 1. The zero-order valence-corrected chi connectivity index (χ0v) is 11.7. The second kappa shape index (κ2) is 5.92. The molecular weight excluding hydrogens is 318 g/mol. The fourth-order valence-corrected chi connectivity index (χ4v) is 2.70. The zero-order chi connectivity index (χ0) is 13.0. The van der Waals surface area contributed by atoms with Crippen LogP contribution in [0, 0.1) is 0 Å². The second-order valence-corrected chi connectivity index (χ2v) is 5.33. The van der Waals surface area contributed by atoms with E-state index in [1.54, 1.807) is 17.4 Å². The highest BCUT2D eigenvalue weighted by Crippen LogP contribution is 2.28. The Labute approximate surface area is 116 Å². The van der Waals surface area contributed by atoms with E-state index in [4.69, 9.17) is 5.11 Å². The molecule has 2 heterocycles. The lowest BCUT2D eigenvalue weighted by Gasteiger charge is -2.03. The van der Waals surface area contributed by atoms with Crippen molar-refractivity contribution in [3.05, 3.63) is 28.1 Å². The number of carbonyl (C=O) groups is 1. The molecule has 18 heavy (non-hydrogen) atoms. The van der Waals surface area contributed by atoms with Crippen molar-refractivity contribution in [1.29, 1.82) is 0 Å². The summed E-state index contributed by atoms with van der Waals surface area (Å²) in [6.45, 7) is 0.341. The van der Waals surface area contributed by atoms with E-state index in [2.05, 4.69) is 31.4 Å². The normalized spacial score (nSPS) is 10.3. The van der Waals surface area contributed by atoms with Gasteiger partial charge in [-0.15, -0.1) is 21.5 Å². The Bertz CT molecular complexity index is 541. The van der Waals surface area contributed by atoms with E-state index in [-0.39, 0.29) is 6.42 Å². The smallest absolute Gasteiger partial charge is 0.305 e. The van der Waals surface area contributed by atoms with Crippen LogP contribution in [-0.2, 0) is 4.79 Å².